The van der Waals surface area contributed by atoms with Crippen molar-refractivity contribution in [1.29, 1.82) is 0 Å². The summed E-state index contributed by atoms with van der Waals surface area (Å²) in [6.07, 6.45) is 1.36. The molecule has 7 heteroatoms. The first-order valence-electron chi connectivity index (χ1n) is 7.68. The van der Waals surface area contributed by atoms with E-state index in [9.17, 15) is 14.7 Å². The van der Waals surface area contributed by atoms with Gasteiger partial charge in [-0.05, 0) is 32.7 Å². The number of hydrogen-bond acceptors (Lipinski definition) is 4. The van der Waals surface area contributed by atoms with Crippen LogP contribution >= 0.6 is 0 Å². The number of aliphatic hydroxyl groups excluding tert-OH is 1. The Morgan fingerprint density at radius 3 is 2.48 bits per heavy atom. The highest BCUT2D eigenvalue weighted by Crippen LogP contribution is 2.13. The maximum Gasteiger partial charge on any atom is 0.408 e. The Bertz CT molecular complexity index is 382. The van der Waals surface area contributed by atoms with Crippen molar-refractivity contribution in [2.24, 2.45) is 0 Å². The van der Waals surface area contributed by atoms with Crippen molar-refractivity contribution in [3.63, 3.8) is 0 Å². The largest absolute Gasteiger partial charge is 0.465 e. The quantitative estimate of drug-likeness (QED) is 0.766. The predicted molar refractivity (Wildman–Crippen MR) is 77.1 cm³/mol. The lowest BCUT2D eigenvalue weighted by Gasteiger charge is -2.38. The molecule has 0 radical (unpaired) electrons. The molecule has 0 spiro atoms. The molecule has 7 nitrogen and oxygen atoms in total. The van der Waals surface area contributed by atoms with Crippen LogP contribution in [0.3, 0.4) is 0 Å². The maximum absolute atomic E-state index is 12.1. The molecule has 2 aliphatic heterocycles. The Morgan fingerprint density at radius 2 is 1.86 bits per heavy atom. The van der Waals surface area contributed by atoms with Gasteiger partial charge in [-0.3, -0.25) is 9.69 Å². The number of carbonyl (C=O) groups is 2. The Balaban J connectivity index is 1.72. The highest BCUT2D eigenvalue weighted by Gasteiger charge is 2.33. The van der Waals surface area contributed by atoms with Crippen LogP contribution in [0.2, 0.25) is 0 Å². The van der Waals surface area contributed by atoms with Crippen LogP contribution in [-0.4, -0.2) is 88.3 Å². The van der Waals surface area contributed by atoms with Gasteiger partial charge in [-0.1, -0.05) is 0 Å². The lowest BCUT2D eigenvalue weighted by Crippen LogP contribution is -2.57. The van der Waals surface area contributed by atoms with Gasteiger partial charge in [0.2, 0.25) is 5.91 Å². The van der Waals surface area contributed by atoms with Gasteiger partial charge in [0, 0.05) is 32.7 Å². The normalized spacial score (nSPS) is 25.4. The van der Waals surface area contributed by atoms with E-state index in [4.69, 9.17) is 5.11 Å². The third-order valence-corrected chi connectivity index (χ3v) is 4.45. The Morgan fingerprint density at radius 1 is 1.19 bits per heavy atom. The number of amides is 2. The molecule has 0 saturated carbocycles. The molecule has 2 heterocycles. The van der Waals surface area contributed by atoms with E-state index in [0.29, 0.717) is 19.6 Å². The van der Waals surface area contributed by atoms with Gasteiger partial charge in [0.1, 0.15) is 6.04 Å². The Labute approximate surface area is 125 Å². The third kappa shape index (κ3) is 4.07. The van der Waals surface area contributed by atoms with Gasteiger partial charge < -0.3 is 20.0 Å². The summed E-state index contributed by atoms with van der Waals surface area (Å²) >= 11 is 0. The fourth-order valence-corrected chi connectivity index (χ4v) is 3.04. The molecule has 0 bridgehead atoms. The van der Waals surface area contributed by atoms with Crippen molar-refractivity contribution in [3.8, 4) is 0 Å². The third-order valence-electron chi connectivity index (χ3n) is 4.45. The first-order valence-corrected chi connectivity index (χ1v) is 7.68. The number of rotatable bonds is 4. The monoisotopic (exact) mass is 299 g/mol. The van der Waals surface area contributed by atoms with E-state index >= 15 is 0 Å². The first kappa shape index (κ1) is 16.0. The molecule has 0 aromatic rings. The molecular formula is C14H25N3O4. The van der Waals surface area contributed by atoms with Crippen LogP contribution in [0.4, 0.5) is 4.79 Å². The fourth-order valence-electron chi connectivity index (χ4n) is 3.04. The van der Waals surface area contributed by atoms with Crippen molar-refractivity contribution in [2.75, 3.05) is 39.3 Å². The van der Waals surface area contributed by atoms with Crippen molar-refractivity contribution >= 4 is 12.0 Å². The van der Waals surface area contributed by atoms with E-state index in [1.165, 1.54) is 4.90 Å². The van der Waals surface area contributed by atoms with Crippen molar-refractivity contribution < 1.29 is 19.8 Å². The average molecular weight is 299 g/mol. The van der Waals surface area contributed by atoms with Gasteiger partial charge in [0.15, 0.2) is 0 Å². The summed E-state index contributed by atoms with van der Waals surface area (Å²) in [4.78, 5) is 28.4. The summed E-state index contributed by atoms with van der Waals surface area (Å²) in [5.41, 5.74) is 0. The number of piperazine rings is 1. The van der Waals surface area contributed by atoms with E-state index in [1.807, 2.05) is 0 Å². The molecular weight excluding hydrogens is 274 g/mol. The second kappa shape index (κ2) is 7.09. The van der Waals surface area contributed by atoms with Crippen LogP contribution in [0.5, 0.6) is 0 Å². The fraction of sp³-hybridized carbons (Fsp3) is 0.857. The summed E-state index contributed by atoms with van der Waals surface area (Å²) in [6.45, 7) is 5.95. The summed E-state index contributed by atoms with van der Waals surface area (Å²) in [7, 11) is 0. The van der Waals surface area contributed by atoms with Crippen molar-refractivity contribution in [3.05, 3.63) is 0 Å². The molecule has 0 aromatic heterocycles. The van der Waals surface area contributed by atoms with E-state index in [1.54, 1.807) is 11.8 Å². The molecule has 2 N–H and O–H groups in total. The highest BCUT2D eigenvalue weighted by molar-refractivity contribution is 5.86. The number of aliphatic hydroxyl groups is 1. The van der Waals surface area contributed by atoms with Crippen LogP contribution < -0.4 is 0 Å². The van der Waals surface area contributed by atoms with Crippen LogP contribution in [0.25, 0.3) is 0 Å². The van der Waals surface area contributed by atoms with E-state index < -0.39 is 12.1 Å². The van der Waals surface area contributed by atoms with Gasteiger partial charge in [-0.15, -0.1) is 0 Å². The van der Waals surface area contributed by atoms with Crippen molar-refractivity contribution in [2.45, 2.75) is 38.3 Å². The van der Waals surface area contributed by atoms with Gasteiger partial charge in [0.05, 0.1) is 6.10 Å². The SMILES string of the molecule is C[C@H]1C(=O)N(CCCN2CCC(O)CC2)CCN1C(=O)O. The predicted octanol–water partition coefficient (Wildman–Crippen LogP) is 0.0439. The summed E-state index contributed by atoms with van der Waals surface area (Å²) < 4.78 is 0. The second-order valence-corrected chi connectivity index (χ2v) is 5.90. The van der Waals surface area contributed by atoms with Gasteiger partial charge in [0.25, 0.3) is 0 Å². The summed E-state index contributed by atoms with van der Waals surface area (Å²) in [5, 5.41) is 18.5. The van der Waals surface area contributed by atoms with Crippen LogP contribution in [0, 0.1) is 0 Å². The molecule has 21 heavy (non-hydrogen) atoms. The molecule has 2 amide bonds. The lowest BCUT2D eigenvalue weighted by atomic mass is 10.1. The smallest absolute Gasteiger partial charge is 0.408 e. The van der Waals surface area contributed by atoms with Crippen LogP contribution in [0.15, 0.2) is 0 Å². The zero-order valence-corrected chi connectivity index (χ0v) is 12.6. The molecule has 2 fully saturated rings. The minimum Gasteiger partial charge on any atom is -0.465 e. The van der Waals surface area contributed by atoms with E-state index in [0.717, 1.165) is 38.9 Å². The number of likely N-dealkylation sites (tertiary alicyclic amines) is 1. The maximum atomic E-state index is 12.1. The van der Waals surface area contributed by atoms with Gasteiger partial charge in [-0.25, -0.2) is 4.79 Å². The molecule has 120 valence electrons. The van der Waals surface area contributed by atoms with Crippen molar-refractivity contribution in [1.82, 2.24) is 14.7 Å². The highest BCUT2D eigenvalue weighted by atomic mass is 16.4. The number of carboxylic acid groups (broad SMARTS) is 1. The molecule has 0 aromatic carbocycles. The molecule has 0 unspecified atom stereocenters. The Hall–Kier alpha value is -1.34. The zero-order chi connectivity index (χ0) is 15.4. The second-order valence-electron chi connectivity index (χ2n) is 5.90. The molecule has 2 rings (SSSR count). The summed E-state index contributed by atoms with van der Waals surface area (Å²) in [6, 6.07) is -0.582. The average Bonchev–Trinajstić information content (AvgIpc) is 2.45. The first-order chi connectivity index (χ1) is 9.99. The zero-order valence-electron chi connectivity index (χ0n) is 12.6. The number of piperidine rings is 1. The Kier molecular flexibility index (Phi) is 5.41. The van der Waals surface area contributed by atoms with Gasteiger partial charge in [-0.2, -0.15) is 0 Å². The van der Waals surface area contributed by atoms with Crippen LogP contribution in [0.1, 0.15) is 26.2 Å². The topological polar surface area (TPSA) is 84.3 Å². The van der Waals surface area contributed by atoms with Crippen LogP contribution in [-0.2, 0) is 4.79 Å². The minimum absolute atomic E-state index is 0.0993. The number of nitrogens with zero attached hydrogens (tertiary/aromatic N) is 3. The number of carbonyl (C=O) groups excluding carboxylic acids is 1. The summed E-state index contributed by atoms with van der Waals surface area (Å²) in [5.74, 6) is -0.0993. The van der Waals surface area contributed by atoms with E-state index in [2.05, 4.69) is 4.90 Å². The standard InChI is InChI=1S/C14H25N3O4/c1-11-13(19)16(9-10-17(11)14(20)21)6-2-5-15-7-3-12(18)4-8-15/h11-12,18H,2-10H2,1H3,(H,20,21)/t11-/m0/s1. The van der Waals surface area contributed by atoms with E-state index in [-0.39, 0.29) is 12.0 Å². The minimum atomic E-state index is -1.03. The number of hydrogen-bond donors (Lipinski definition) is 2. The molecule has 1 atom stereocenters. The molecule has 2 aliphatic rings. The molecule has 0 aliphatic carbocycles. The lowest BCUT2D eigenvalue weighted by molar-refractivity contribution is -0.139. The molecule has 2 saturated heterocycles. The van der Waals surface area contributed by atoms with Gasteiger partial charge >= 0.3 is 6.09 Å².